The third kappa shape index (κ3) is 3.24. The predicted octanol–water partition coefficient (Wildman–Crippen LogP) is 4.32. The van der Waals surface area contributed by atoms with E-state index in [1.807, 2.05) is 24.3 Å². The normalized spacial score (nSPS) is 11.1. The van der Waals surface area contributed by atoms with Crippen LogP contribution in [-0.2, 0) is 0 Å². The van der Waals surface area contributed by atoms with E-state index in [-0.39, 0.29) is 0 Å². The molecule has 0 unspecified atom stereocenters. The molecule has 0 aliphatic rings. The summed E-state index contributed by atoms with van der Waals surface area (Å²) in [7, 11) is -1.51. The summed E-state index contributed by atoms with van der Waals surface area (Å²) < 4.78 is 6.13. The molecular formula is C13H20OSi. The van der Waals surface area contributed by atoms with Gasteiger partial charge in [0, 0.05) is 0 Å². The Balaban J connectivity index is 2.83. The van der Waals surface area contributed by atoms with Gasteiger partial charge in [-0.1, -0.05) is 38.6 Å². The van der Waals surface area contributed by atoms with Crippen LogP contribution in [0.15, 0.2) is 30.8 Å². The number of rotatable bonds is 5. The molecule has 0 aromatic heterocycles. The van der Waals surface area contributed by atoms with Crippen LogP contribution in [0.5, 0.6) is 5.75 Å². The van der Waals surface area contributed by atoms with Gasteiger partial charge in [-0.25, -0.2) is 0 Å². The SMILES string of the molecule is C=Cc1cccc(O[Si](C)(CC)CC)c1. The minimum absolute atomic E-state index is 0.991. The van der Waals surface area contributed by atoms with E-state index in [0.717, 1.165) is 23.4 Å². The molecule has 2 heteroatoms. The molecule has 0 bridgehead atoms. The van der Waals surface area contributed by atoms with E-state index in [2.05, 4.69) is 33.0 Å². The molecule has 0 fully saturated rings. The van der Waals surface area contributed by atoms with Gasteiger partial charge in [0.2, 0.25) is 8.32 Å². The van der Waals surface area contributed by atoms with Gasteiger partial charge in [-0.05, 0) is 36.3 Å². The zero-order valence-electron chi connectivity index (χ0n) is 9.92. The van der Waals surface area contributed by atoms with Crippen LogP contribution in [0.3, 0.4) is 0 Å². The Morgan fingerprint density at radius 3 is 2.53 bits per heavy atom. The molecule has 0 atom stereocenters. The Hall–Kier alpha value is -1.02. The summed E-state index contributed by atoms with van der Waals surface area (Å²) in [6.45, 7) is 10.5. The molecule has 1 aromatic rings. The first kappa shape index (κ1) is 12.0. The molecule has 0 N–H and O–H groups in total. The fraction of sp³-hybridized carbons (Fsp3) is 0.385. The lowest BCUT2D eigenvalue weighted by atomic mass is 10.2. The molecular weight excluding hydrogens is 200 g/mol. The van der Waals surface area contributed by atoms with Crippen molar-refractivity contribution in [3.8, 4) is 5.75 Å². The van der Waals surface area contributed by atoms with Crippen LogP contribution in [0.1, 0.15) is 19.4 Å². The second-order valence-corrected chi connectivity index (χ2v) is 8.55. The zero-order valence-corrected chi connectivity index (χ0v) is 10.9. The van der Waals surface area contributed by atoms with E-state index in [4.69, 9.17) is 4.43 Å². The van der Waals surface area contributed by atoms with Crippen molar-refractivity contribution in [2.45, 2.75) is 32.5 Å². The van der Waals surface area contributed by atoms with E-state index < -0.39 is 8.32 Å². The standard InChI is InChI=1S/C13H20OSi/c1-5-12-9-8-10-13(11-12)14-15(4,6-2)7-3/h5,8-11H,1,6-7H2,2-4H3. The van der Waals surface area contributed by atoms with Crippen molar-refractivity contribution in [2.24, 2.45) is 0 Å². The number of benzene rings is 1. The van der Waals surface area contributed by atoms with Crippen molar-refractivity contribution in [1.29, 1.82) is 0 Å². The van der Waals surface area contributed by atoms with E-state index in [9.17, 15) is 0 Å². The molecule has 82 valence electrons. The summed E-state index contributed by atoms with van der Waals surface area (Å²) >= 11 is 0. The Kier molecular flexibility index (Phi) is 4.15. The Morgan fingerprint density at radius 1 is 1.33 bits per heavy atom. The molecule has 0 radical (unpaired) electrons. The largest absolute Gasteiger partial charge is 0.544 e. The van der Waals surface area contributed by atoms with Crippen molar-refractivity contribution < 1.29 is 4.43 Å². The molecule has 0 aliphatic carbocycles. The second-order valence-electron chi connectivity index (χ2n) is 4.04. The smallest absolute Gasteiger partial charge is 0.247 e. The second kappa shape index (κ2) is 5.17. The molecule has 1 aromatic carbocycles. The molecule has 1 rings (SSSR count). The van der Waals surface area contributed by atoms with Gasteiger partial charge in [0.15, 0.2) is 0 Å². The molecule has 1 nitrogen and oxygen atoms in total. The highest BCUT2D eigenvalue weighted by atomic mass is 28.4. The van der Waals surface area contributed by atoms with E-state index in [0.29, 0.717) is 0 Å². The summed E-state index contributed by atoms with van der Waals surface area (Å²) in [6, 6.07) is 10.5. The average Bonchev–Trinajstić information content (AvgIpc) is 2.29. The van der Waals surface area contributed by atoms with Crippen LogP contribution < -0.4 is 4.43 Å². The van der Waals surface area contributed by atoms with Gasteiger partial charge in [-0.2, -0.15) is 0 Å². The summed E-state index contributed by atoms with van der Waals surface area (Å²) in [4.78, 5) is 0. The van der Waals surface area contributed by atoms with Gasteiger partial charge < -0.3 is 4.43 Å². The highest BCUT2D eigenvalue weighted by molar-refractivity contribution is 6.73. The summed E-state index contributed by atoms with van der Waals surface area (Å²) in [5, 5.41) is 0. The summed E-state index contributed by atoms with van der Waals surface area (Å²) in [5.74, 6) is 0.991. The quantitative estimate of drug-likeness (QED) is 0.671. The van der Waals surface area contributed by atoms with Gasteiger partial charge in [-0.15, -0.1) is 0 Å². The number of hydrogen-bond donors (Lipinski definition) is 0. The monoisotopic (exact) mass is 220 g/mol. The van der Waals surface area contributed by atoms with Crippen molar-refractivity contribution in [3.05, 3.63) is 36.4 Å². The lowest BCUT2D eigenvalue weighted by molar-refractivity contribution is 0.541. The Bertz CT molecular complexity index is 329. The lowest BCUT2D eigenvalue weighted by Crippen LogP contribution is -2.36. The molecule has 0 spiro atoms. The van der Waals surface area contributed by atoms with Crippen molar-refractivity contribution in [1.82, 2.24) is 0 Å². The van der Waals surface area contributed by atoms with Crippen LogP contribution in [0.2, 0.25) is 18.6 Å². The molecule has 0 heterocycles. The maximum atomic E-state index is 6.13. The minimum Gasteiger partial charge on any atom is -0.544 e. The van der Waals surface area contributed by atoms with Crippen LogP contribution in [0.25, 0.3) is 6.08 Å². The summed E-state index contributed by atoms with van der Waals surface area (Å²) in [6.07, 6.45) is 1.85. The van der Waals surface area contributed by atoms with Gasteiger partial charge in [0.1, 0.15) is 5.75 Å². The molecule has 0 amide bonds. The van der Waals surface area contributed by atoms with Gasteiger partial charge in [0.25, 0.3) is 0 Å². The third-order valence-corrected chi connectivity index (χ3v) is 6.67. The molecule has 0 saturated heterocycles. The fourth-order valence-electron chi connectivity index (χ4n) is 1.38. The lowest BCUT2D eigenvalue weighted by Gasteiger charge is -2.25. The third-order valence-electron chi connectivity index (χ3n) is 2.95. The number of hydrogen-bond acceptors (Lipinski definition) is 1. The van der Waals surface area contributed by atoms with Crippen molar-refractivity contribution in [3.63, 3.8) is 0 Å². The Morgan fingerprint density at radius 2 is 2.00 bits per heavy atom. The van der Waals surface area contributed by atoms with E-state index in [1.54, 1.807) is 0 Å². The van der Waals surface area contributed by atoms with Gasteiger partial charge >= 0.3 is 0 Å². The zero-order chi connectivity index (χ0) is 11.3. The van der Waals surface area contributed by atoms with Gasteiger partial charge in [0.05, 0.1) is 0 Å². The van der Waals surface area contributed by atoms with E-state index >= 15 is 0 Å². The molecule has 0 aliphatic heterocycles. The topological polar surface area (TPSA) is 9.23 Å². The Labute approximate surface area is 93.9 Å². The maximum Gasteiger partial charge on any atom is 0.247 e. The van der Waals surface area contributed by atoms with Crippen LogP contribution in [-0.4, -0.2) is 8.32 Å². The minimum atomic E-state index is -1.51. The first-order valence-corrected chi connectivity index (χ1v) is 8.37. The van der Waals surface area contributed by atoms with E-state index in [1.165, 1.54) is 0 Å². The highest BCUT2D eigenvalue weighted by Gasteiger charge is 2.26. The van der Waals surface area contributed by atoms with Crippen LogP contribution in [0, 0.1) is 0 Å². The highest BCUT2D eigenvalue weighted by Crippen LogP contribution is 2.22. The average molecular weight is 220 g/mol. The molecule has 15 heavy (non-hydrogen) atoms. The fourth-order valence-corrected chi connectivity index (χ4v) is 2.87. The van der Waals surface area contributed by atoms with Gasteiger partial charge in [-0.3, -0.25) is 0 Å². The predicted molar refractivity (Wildman–Crippen MR) is 69.7 cm³/mol. The van der Waals surface area contributed by atoms with Crippen molar-refractivity contribution >= 4 is 14.4 Å². The maximum absolute atomic E-state index is 6.13. The molecule has 0 saturated carbocycles. The first-order chi connectivity index (χ1) is 7.13. The first-order valence-electron chi connectivity index (χ1n) is 5.55. The summed E-state index contributed by atoms with van der Waals surface area (Å²) in [5.41, 5.74) is 1.12. The van der Waals surface area contributed by atoms with Crippen molar-refractivity contribution in [2.75, 3.05) is 0 Å². The van der Waals surface area contributed by atoms with Crippen LogP contribution >= 0.6 is 0 Å². The van der Waals surface area contributed by atoms with Crippen LogP contribution in [0.4, 0.5) is 0 Å².